The minimum absolute atomic E-state index is 0.154. The van der Waals surface area contributed by atoms with Crippen LogP contribution in [0.15, 0.2) is 11.9 Å². The molecule has 68 valence electrons. The number of carboxylic acids is 1. The number of aliphatic carboxylic acids is 1. The second-order valence-corrected chi connectivity index (χ2v) is 2.89. The Balaban J connectivity index is 2.83. The van der Waals surface area contributed by atoms with E-state index in [1.807, 2.05) is 18.7 Å². The predicted octanol–water partition coefficient (Wildman–Crippen LogP) is 0.526. The average molecular weight is 170 g/mol. The van der Waals surface area contributed by atoms with Crippen LogP contribution in [0, 0.1) is 0 Å². The number of rotatable bonds is 2. The molecular weight excluding hydrogens is 156 g/mol. The minimum atomic E-state index is -0.861. The van der Waals surface area contributed by atoms with Gasteiger partial charge in [0.15, 0.2) is 0 Å². The maximum absolute atomic E-state index is 10.7. The van der Waals surface area contributed by atoms with Crippen molar-refractivity contribution in [1.29, 1.82) is 0 Å². The monoisotopic (exact) mass is 170 g/mol. The molecule has 1 N–H and O–H groups in total. The molecule has 0 amide bonds. The molecule has 0 aromatic heterocycles. The summed E-state index contributed by atoms with van der Waals surface area (Å²) < 4.78 is 0. The van der Waals surface area contributed by atoms with Crippen LogP contribution in [0.3, 0.4) is 0 Å². The topological polar surface area (TPSA) is 43.8 Å². The quantitative estimate of drug-likeness (QED) is 0.656. The fourth-order valence-corrected chi connectivity index (χ4v) is 1.34. The SMILES string of the molecule is CCN1C=C(C(=O)O)N(C)C1C. The van der Waals surface area contributed by atoms with Gasteiger partial charge in [-0.1, -0.05) is 0 Å². The van der Waals surface area contributed by atoms with Gasteiger partial charge < -0.3 is 14.9 Å². The van der Waals surface area contributed by atoms with Crippen molar-refractivity contribution in [2.75, 3.05) is 13.6 Å². The molecule has 0 saturated carbocycles. The van der Waals surface area contributed by atoms with Crippen LogP contribution in [0.4, 0.5) is 0 Å². The summed E-state index contributed by atoms with van der Waals surface area (Å²) >= 11 is 0. The fourth-order valence-electron chi connectivity index (χ4n) is 1.34. The number of nitrogens with zero attached hydrogens (tertiary/aromatic N) is 2. The van der Waals surface area contributed by atoms with Crippen LogP contribution < -0.4 is 0 Å². The van der Waals surface area contributed by atoms with E-state index < -0.39 is 5.97 Å². The van der Waals surface area contributed by atoms with Crippen molar-refractivity contribution >= 4 is 5.97 Å². The summed E-state index contributed by atoms with van der Waals surface area (Å²) in [6.07, 6.45) is 1.84. The maximum Gasteiger partial charge on any atom is 0.353 e. The second kappa shape index (κ2) is 3.05. The van der Waals surface area contributed by atoms with Gasteiger partial charge in [-0.15, -0.1) is 0 Å². The predicted molar refractivity (Wildman–Crippen MR) is 45.3 cm³/mol. The lowest BCUT2D eigenvalue weighted by Gasteiger charge is -2.26. The highest BCUT2D eigenvalue weighted by Crippen LogP contribution is 2.19. The lowest BCUT2D eigenvalue weighted by Crippen LogP contribution is -2.35. The molecular formula is C8H14N2O2. The van der Waals surface area contributed by atoms with E-state index in [1.54, 1.807) is 18.1 Å². The third-order valence-corrected chi connectivity index (χ3v) is 2.29. The normalized spacial score (nSPS) is 22.9. The first-order chi connectivity index (χ1) is 5.57. The Kier molecular flexibility index (Phi) is 2.26. The van der Waals surface area contributed by atoms with Crippen molar-refractivity contribution in [3.8, 4) is 0 Å². The lowest BCUT2D eigenvalue weighted by atomic mass is 10.4. The van der Waals surface area contributed by atoms with Crippen LogP contribution in [0.5, 0.6) is 0 Å². The summed E-state index contributed by atoms with van der Waals surface area (Å²) in [7, 11) is 1.79. The van der Waals surface area contributed by atoms with E-state index in [-0.39, 0.29) is 6.17 Å². The number of carbonyl (C=O) groups is 1. The van der Waals surface area contributed by atoms with Crippen LogP contribution in [0.1, 0.15) is 13.8 Å². The molecule has 1 aliphatic heterocycles. The highest BCUT2D eigenvalue weighted by molar-refractivity contribution is 5.86. The van der Waals surface area contributed by atoms with E-state index in [4.69, 9.17) is 5.11 Å². The first-order valence-electron chi connectivity index (χ1n) is 4.01. The molecule has 4 heteroatoms. The molecule has 0 spiro atoms. The number of hydrogen-bond donors (Lipinski definition) is 1. The van der Waals surface area contributed by atoms with Crippen LogP contribution >= 0.6 is 0 Å². The van der Waals surface area contributed by atoms with Gasteiger partial charge in [0.25, 0.3) is 0 Å². The fraction of sp³-hybridized carbons (Fsp3) is 0.625. The van der Waals surface area contributed by atoms with E-state index in [0.29, 0.717) is 5.70 Å². The van der Waals surface area contributed by atoms with Gasteiger partial charge in [-0.3, -0.25) is 0 Å². The summed E-state index contributed by atoms with van der Waals surface area (Å²) in [4.78, 5) is 14.4. The molecule has 12 heavy (non-hydrogen) atoms. The van der Waals surface area contributed by atoms with E-state index in [9.17, 15) is 4.79 Å². The smallest absolute Gasteiger partial charge is 0.353 e. The molecule has 0 saturated heterocycles. The van der Waals surface area contributed by atoms with E-state index in [2.05, 4.69) is 0 Å². The Hall–Kier alpha value is -1.19. The van der Waals surface area contributed by atoms with Crippen molar-refractivity contribution in [3.63, 3.8) is 0 Å². The largest absolute Gasteiger partial charge is 0.477 e. The number of likely N-dealkylation sites (N-methyl/N-ethyl adjacent to an activating group) is 1. The zero-order valence-electron chi connectivity index (χ0n) is 7.61. The molecule has 0 radical (unpaired) electrons. The summed E-state index contributed by atoms with van der Waals surface area (Å²) in [6.45, 7) is 4.82. The van der Waals surface area contributed by atoms with Gasteiger partial charge in [0, 0.05) is 19.8 Å². The van der Waals surface area contributed by atoms with E-state index >= 15 is 0 Å². The Bertz CT molecular complexity index is 225. The lowest BCUT2D eigenvalue weighted by molar-refractivity contribution is -0.134. The maximum atomic E-state index is 10.7. The van der Waals surface area contributed by atoms with Gasteiger partial charge >= 0.3 is 5.97 Å². The molecule has 0 bridgehead atoms. The van der Waals surface area contributed by atoms with Crippen LogP contribution in [-0.2, 0) is 4.79 Å². The first kappa shape index (κ1) is 8.90. The Morgan fingerprint density at radius 2 is 2.33 bits per heavy atom. The molecule has 4 nitrogen and oxygen atoms in total. The minimum Gasteiger partial charge on any atom is -0.477 e. The highest BCUT2D eigenvalue weighted by atomic mass is 16.4. The summed E-state index contributed by atoms with van der Waals surface area (Å²) in [6, 6.07) is 0. The molecule has 1 heterocycles. The van der Waals surface area contributed by atoms with Gasteiger partial charge in [0.2, 0.25) is 0 Å². The van der Waals surface area contributed by atoms with Gasteiger partial charge in [0.05, 0.1) is 6.17 Å². The van der Waals surface area contributed by atoms with Gasteiger partial charge in [-0.25, -0.2) is 4.79 Å². The van der Waals surface area contributed by atoms with Crippen LogP contribution in [0.25, 0.3) is 0 Å². The second-order valence-electron chi connectivity index (χ2n) is 2.89. The Labute approximate surface area is 72.1 Å². The van der Waals surface area contributed by atoms with E-state index in [0.717, 1.165) is 6.54 Å². The van der Waals surface area contributed by atoms with Gasteiger partial charge in [-0.05, 0) is 13.8 Å². The zero-order chi connectivity index (χ0) is 9.30. The summed E-state index contributed by atoms with van der Waals surface area (Å²) in [5, 5.41) is 8.78. The van der Waals surface area contributed by atoms with E-state index in [1.165, 1.54) is 0 Å². The van der Waals surface area contributed by atoms with Gasteiger partial charge in [-0.2, -0.15) is 0 Å². The average Bonchev–Trinajstić information content (AvgIpc) is 2.30. The molecule has 1 aliphatic rings. The van der Waals surface area contributed by atoms with Crippen molar-refractivity contribution in [3.05, 3.63) is 11.9 Å². The molecule has 1 unspecified atom stereocenters. The Morgan fingerprint density at radius 3 is 2.58 bits per heavy atom. The van der Waals surface area contributed by atoms with Crippen molar-refractivity contribution in [1.82, 2.24) is 9.80 Å². The zero-order valence-corrected chi connectivity index (χ0v) is 7.61. The molecule has 0 aromatic rings. The third-order valence-electron chi connectivity index (χ3n) is 2.29. The van der Waals surface area contributed by atoms with Crippen LogP contribution in [-0.4, -0.2) is 40.6 Å². The Morgan fingerprint density at radius 1 is 1.75 bits per heavy atom. The number of carboxylic acid groups (broad SMARTS) is 1. The standard InChI is InChI=1S/C8H14N2O2/c1-4-10-5-7(8(11)12)9(3)6(10)2/h5-6H,4H2,1-3H3,(H,11,12). The highest BCUT2D eigenvalue weighted by Gasteiger charge is 2.28. The molecule has 0 aromatic carbocycles. The third kappa shape index (κ3) is 1.24. The first-order valence-corrected chi connectivity index (χ1v) is 4.01. The van der Waals surface area contributed by atoms with Crippen molar-refractivity contribution in [2.24, 2.45) is 0 Å². The van der Waals surface area contributed by atoms with Crippen molar-refractivity contribution in [2.45, 2.75) is 20.0 Å². The van der Waals surface area contributed by atoms with Gasteiger partial charge in [0.1, 0.15) is 5.70 Å². The summed E-state index contributed by atoms with van der Waals surface area (Å²) in [5.41, 5.74) is 0.365. The van der Waals surface area contributed by atoms with Crippen LogP contribution in [0.2, 0.25) is 0 Å². The summed E-state index contributed by atoms with van der Waals surface area (Å²) in [5.74, 6) is -0.861. The molecule has 1 atom stereocenters. The number of hydrogen-bond acceptors (Lipinski definition) is 3. The van der Waals surface area contributed by atoms with Crippen molar-refractivity contribution < 1.29 is 9.90 Å². The molecule has 0 aliphatic carbocycles. The molecule has 0 fully saturated rings. The molecule has 1 rings (SSSR count).